The van der Waals surface area contributed by atoms with Crippen molar-refractivity contribution in [1.29, 1.82) is 0 Å². The Morgan fingerprint density at radius 3 is 2.23 bits per heavy atom. The van der Waals surface area contributed by atoms with Crippen LogP contribution in [0.1, 0.15) is 10.8 Å². The van der Waals surface area contributed by atoms with Gasteiger partial charge in [-0.1, -0.05) is 23.7 Å². The Bertz CT molecular complexity index is 630. The fraction of sp³-hybridized carbons (Fsp3) is 0.250. The van der Waals surface area contributed by atoms with Crippen LogP contribution in [0.4, 0.5) is 5.69 Å². The Labute approximate surface area is 139 Å². The van der Waals surface area contributed by atoms with Gasteiger partial charge in [0.05, 0.1) is 5.25 Å². The summed E-state index contributed by atoms with van der Waals surface area (Å²) >= 11 is 7.35. The van der Waals surface area contributed by atoms with E-state index in [4.69, 9.17) is 11.6 Å². The van der Waals surface area contributed by atoms with Gasteiger partial charge >= 0.3 is 0 Å². The van der Waals surface area contributed by atoms with Crippen molar-refractivity contribution in [2.45, 2.75) is 10.1 Å². The van der Waals surface area contributed by atoms with Gasteiger partial charge < -0.3 is 4.90 Å². The number of nitrogens with zero attached hydrogens (tertiary/aromatic N) is 2. The molecule has 0 saturated carbocycles. The molecule has 0 amide bonds. The lowest BCUT2D eigenvalue weighted by Gasteiger charge is -2.16. The van der Waals surface area contributed by atoms with E-state index < -0.39 is 0 Å². The normalized spacial score (nSPS) is 12.0. The van der Waals surface area contributed by atoms with E-state index in [9.17, 15) is 10.1 Å². The van der Waals surface area contributed by atoms with E-state index in [-0.39, 0.29) is 16.7 Å². The molecule has 0 N–H and O–H groups in total. The van der Waals surface area contributed by atoms with Crippen LogP contribution in [0.3, 0.4) is 0 Å². The van der Waals surface area contributed by atoms with E-state index in [1.165, 1.54) is 11.8 Å². The molecule has 0 aliphatic heterocycles. The average Bonchev–Trinajstić information content (AvgIpc) is 2.48. The van der Waals surface area contributed by atoms with Crippen LogP contribution in [0, 0.1) is 10.1 Å². The molecule has 6 heteroatoms. The summed E-state index contributed by atoms with van der Waals surface area (Å²) in [6.07, 6.45) is 0. The van der Waals surface area contributed by atoms with Crippen molar-refractivity contribution < 1.29 is 4.92 Å². The molecule has 22 heavy (non-hydrogen) atoms. The maximum atomic E-state index is 11.0. The Hall–Kier alpha value is -1.72. The van der Waals surface area contributed by atoms with Crippen LogP contribution in [-0.2, 0) is 0 Å². The van der Waals surface area contributed by atoms with Crippen molar-refractivity contribution in [3.8, 4) is 0 Å². The minimum absolute atomic E-state index is 0.116. The van der Waals surface area contributed by atoms with Crippen molar-refractivity contribution in [2.24, 2.45) is 0 Å². The molecule has 4 nitrogen and oxygen atoms in total. The SMILES string of the molecule is CN(C)c1ccc(C(C[N+](=O)[O-])Sc2ccc(Cl)cc2)cc1. The lowest BCUT2D eigenvalue weighted by Crippen LogP contribution is -2.11. The van der Waals surface area contributed by atoms with Crippen LogP contribution >= 0.6 is 23.4 Å². The predicted molar refractivity (Wildman–Crippen MR) is 92.7 cm³/mol. The summed E-state index contributed by atoms with van der Waals surface area (Å²) < 4.78 is 0. The van der Waals surface area contributed by atoms with E-state index in [1.807, 2.05) is 55.4 Å². The van der Waals surface area contributed by atoms with Crippen molar-refractivity contribution in [2.75, 3.05) is 25.5 Å². The zero-order chi connectivity index (χ0) is 16.1. The van der Waals surface area contributed by atoms with Gasteiger partial charge in [0.25, 0.3) is 0 Å². The molecule has 0 heterocycles. The highest BCUT2D eigenvalue weighted by molar-refractivity contribution is 7.99. The van der Waals surface area contributed by atoms with Gasteiger partial charge in [0.2, 0.25) is 6.54 Å². The fourth-order valence-corrected chi connectivity index (χ4v) is 3.25. The Morgan fingerprint density at radius 2 is 1.73 bits per heavy atom. The van der Waals surface area contributed by atoms with Crippen LogP contribution in [-0.4, -0.2) is 25.6 Å². The molecule has 0 spiro atoms. The largest absolute Gasteiger partial charge is 0.378 e. The number of anilines is 1. The minimum atomic E-state index is -0.270. The van der Waals surface area contributed by atoms with Gasteiger partial charge in [-0.2, -0.15) is 0 Å². The molecule has 2 aromatic rings. The van der Waals surface area contributed by atoms with E-state index in [1.54, 1.807) is 12.1 Å². The molecule has 2 aromatic carbocycles. The lowest BCUT2D eigenvalue weighted by atomic mass is 10.1. The number of hydrogen-bond acceptors (Lipinski definition) is 4. The van der Waals surface area contributed by atoms with E-state index in [0.29, 0.717) is 5.02 Å². The first kappa shape index (κ1) is 16.6. The zero-order valence-electron chi connectivity index (χ0n) is 12.4. The first-order valence-electron chi connectivity index (χ1n) is 6.77. The third kappa shape index (κ3) is 4.64. The van der Waals surface area contributed by atoms with E-state index in [0.717, 1.165) is 16.1 Å². The number of benzene rings is 2. The highest BCUT2D eigenvalue weighted by Gasteiger charge is 2.19. The van der Waals surface area contributed by atoms with Crippen LogP contribution in [0.25, 0.3) is 0 Å². The van der Waals surface area contributed by atoms with Gasteiger partial charge in [-0.25, -0.2) is 0 Å². The van der Waals surface area contributed by atoms with Gasteiger partial charge in [0, 0.05) is 34.6 Å². The molecule has 0 saturated heterocycles. The molecule has 0 radical (unpaired) electrons. The molecule has 0 aliphatic rings. The smallest absolute Gasteiger partial charge is 0.220 e. The van der Waals surface area contributed by atoms with Crippen molar-refractivity contribution in [3.05, 3.63) is 69.2 Å². The summed E-state index contributed by atoms with van der Waals surface area (Å²) in [5.41, 5.74) is 2.02. The van der Waals surface area contributed by atoms with Gasteiger partial charge in [-0.15, -0.1) is 11.8 Å². The van der Waals surface area contributed by atoms with Gasteiger partial charge in [0.15, 0.2) is 0 Å². The first-order chi connectivity index (χ1) is 10.5. The molecule has 0 aliphatic carbocycles. The molecule has 1 atom stereocenters. The summed E-state index contributed by atoms with van der Waals surface area (Å²) in [6, 6.07) is 15.2. The molecule has 0 bridgehead atoms. The Balaban J connectivity index is 2.21. The summed E-state index contributed by atoms with van der Waals surface area (Å²) in [5.74, 6) is 0. The first-order valence-corrected chi connectivity index (χ1v) is 8.03. The summed E-state index contributed by atoms with van der Waals surface area (Å²) in [6.45, 7) is -0.116. The van der Waals surface area contributed by atoms with Crippen molar-refractivity contribution >= 4 is 29.1 Å². The van der Waals surface area contributed by atoms with Crippen molar-refractivity contribution in [3.63, 3.8) is 0 Å². The zero-order valence-corrected chi connectivity index (χ0v) is 14.0. The number of rotatable bonds is 6. The van der Waals surface area contributed by atoms with Crippen LogP contribution in [0.15, 0.2) is 53.4 Å². The Morgan fingerprint density at radius 1 is 1.14 bits per heavy atom. The summed E-state index contributed by atoms with van der Waals surface area (Å²) in [5, 5.41) is 11.4. The summed E-state index contributed by atoms with van der Waals surface area (Å²) in [4.78, 5) is 13.7. The number of thioether (sulfide) groups is 1. The van der Waals surface area contributed by atoms with Crippen LogP contribution in [0.2, 0.25) is 5.02 Å². The standard InChI is InChI=1S/C16H17ClN2O2S/c1-18(2)14-7-3-12(4-8-14)16(11-19(20)21)22-15-9-5-13(17)6-10-15/h3-10,16H,11H2,1-2H3. The van der Waals surface area contributed by atoms with E-state index in [2.05, 4.69) is 0 Å². The number of nitro groups is 1. The lowest BCUT2D eigenvalue weighted by molar-refractivity contribution is -0.479. The second-order valence-electron chi connectivity index (χ2n) is 5.06. The summed E-state index contributed by atoms with van der Waals surface area (Å²) in [7, 11) is 3.93. The third-order valence-electron chi connectivity index (χ3n) is 3.19. The van der Waals surface area contributed by atoms with Gasteiger partial charge in [-0.05, 0) is 42.0 Å². The quantitative estimate of drug-likeness (QED) is 0.442. The maximum Gasteiger partial charge on any atom is 0.220 e. The molecule has 2 rings (SSSR count). The molecule has 0 aromatic heterocycles. The molecule has 0 fully saturated rings. The topological polar surface area (TPSA) is 46.4 Å². The monoisotopic (exact) mass is 336 g/mol. The van der Waals surface area contributed by atoms with Crippen LogP contribution < -0.4 is 4.90 Å². The minimum Gasteiger partial charge on any atom is -0.378 e. The van der Waals surface area contributed by atoms with Gasteiger partial charge in [0.1, 0.15) is 0 Å². The fourth-order valence-electron chi connectivity index (χ4n) is 2.01. The highest BCUT2D eigenvalue weighted by Crippen LogP contribution is 2.36. The second kappa shape index (κ2) is 7.51. The highest BCUT2D eigenvalue weighted by atomic mass is 35.5. The van der Waals surface area contributed by atoms with Crippen molar-refractivity contribution in [1.82, 2.24) is 0 Å². The Kier molecular flexibility index (Phi) is 5.69. The maximum absolute atomic E-state index is 11.0. The molecule has 1 unspecified atom stereocenters. The third-order valence-corrected chi connectivity index (χ3v) is 4.69. The average molecular weight is 337 g/mol. The molecule has 116 valence electrons. The van der Waals surface area contributed by atoms with E-state index >= 15 is 0 Å². The van der Waals surface area contributed by atoms with Crippen LogP contribution in [0.5, 0.6) is 0 Å². The molecular formula is C16H17ClN2O2S. The van der Waals surface area contributed by atoms with Gasteiger partial charge in [-0.3, -0.25) is 10.1 Å². The molecular weight excluding hydrogens is 320 g/mol. The second-order valence-corrected chi connectivity index (χ2v) is 6.77. The predicted octanol–water partition coefficient (Wildman–Crippen LogP) is 4.52. The number of hydrogen-bond donors (Lipinski definition) is 0. The number of halogens is 1.